The summed E-state index contributed by atoms with van der Waals surface area (Å²) in [6.45, 7) is 3.96. The van der Waals surface area contributed by atoms with Crippen LogP contribution < -0.4 is 9.47 Å². The Kier molecular flexibility index (Phi) is 7.07. The summed E-state index contributed by atoms with van der Waals surface area (Å²) >= 11 is 0. The molecule has 9 heteroatoms. The van der Waals surface area contributed by atoms with E-state index in [1.807, 2.05) is 0 Å². The first-order valence-electron chi connectivity index (χ1n) is 12.9. The molecular weight excluding hydrogens is 448 g/mol. The number of rotatable bonds is 8. The van der Waals surface area contributed by atoms with Crippen LogP contribution >= 0.6 is 0 Å². The van der Waals surface area contributed by atoms with Crippen LogP contribution in [-0.2, 0) is 21.4 Å². The third-order valence-electron chi connectivity index (χ3n) is 7.90. The number of likely N-dealkylation sites (tertiary alicyclic amines) is 1. The number of carbonyl (C=O) groups excluding carboxylic acids is 1. The average Bonchev–Trinajstić information content (AvgIpc) is 3.48. The topological polar surface area (TPSA) is 99.8 Å². The Bertz CT molecular complexity index is 1060. The highest BCUT2D eigenvalue weighted by molar-refractivity contribution is 5.91. The van der Waals surface area contributed by atoms with Crippen LogP contribution in [0.2, 0.25) is 0 Å². The lowest BCUT2D eigenvalue weighted by Crippen LogP contribution is -2.41. The highest BCUT2D eigenvalue weighted by Gasteiger charge is 2.48. The Morgan fingerprint density at radius 2 is 1.97 bits per heavy atom. The fourth-order valence-electron chi connectivity index (χ4n) is 6.04. The molecule has 9 nitrogen and oxygen atoms in total. The number of likely N-dealkylation sites (N-methyl/N-ethyl adjacent to an activating group) is 1. The van der Waals surface area contributed by atoms with Gasteiger partial charge in [-0.2, -0.15) is 9.97 Å². The molecule has 0 N–H and O–H groups in total. The first-order chi connectivity index (χ1) is 17.0. The highest BCUT2D eigenvalue weighted by Crippen LogP contribution is 2.47. The van der Waals surface area contributed by atoms with E-state index in [9.17, 15) is 4.79 Å². The quantitative estimate of drug-likeness (QED) is 0.519. The molecule has 1 aliphatic heterocycles. The van der Waals surface area contributed by atoms with Crippen LogP contribution in [-0.4, -0.2) is 71.9 Å². The van der Waals surface area contributed by atoms with Crippen LogP contribution in [0.4, 0.5) is 0 Å². The number of aromatic nitrogens is 3. The van der Waals surface area contributed by atoms with Gasteiger partial charge in [0.05, 0.1) is 18.1 Å². The van der Waals surface area contributed by atoms with Gasteiger partial charge >= 0.3 is 0 Å². The molecule has 2 aromatic rings. The van der Waals surface area contributed by atoms with Crippen LogP contribution in [0.25, 0.3) is 11.5 Å². The molecule has 0 radical (unpaired) electrons. The largest absolute Gasteiger partial charge is 0.475 e. The Labute approximate surface area is 206 Å². The Morgan fingerprint density at radius 1 is 1.14 bits per heavy atom. The number of methoxy groups -OCH3 is 1. The van der Waals surface area contributed by atoms with Crippen LogP contribution in [0, 0.1) is 0 Å². The van der Waals surface area contributed by atoms with Gasteiger partial charge in [-0.05, 0) is 65.5 Å². The van der Waals surface area contributed by atoms with Crippen molar-refractivity contribution >= 4 is 5.78 Å². The number of hydrogen-bond acceptors (Lipinski definition) is 9. The van der Waals surface area contributed by atoms with Gasteiger partial charge in [0, 0.05) is 25.1 Å². The van der Waals surface area contributed by atoms with Crippen LogP contribution in [0.5, 0.6) is 11.8 Å². The Balaban J connectivity index is 1.48. The van der Waals surface area contributed by atoms with Crippen molar-refractivity contribution in [3.8, 4) is 23.3 Å². The van der Waals surface area contributed by atoms with E-state index in [4.69, 9.17) is 23.7 Å². The maximum absolute atomic E-state index is 13.0. The van der Waals surface area contributed by atoms with Gasteiger partial charge in [-0.1, -0.05) is 11.6 Å². The van der Waals surface area contributed by atoms with Gasteiger partial charge in [0.25, 0.3) is 0 Å². The molecule has 3 heterocycles. The van der Waals surface area contributed by atoms with Crippen molar-refractivity contribution in [3.63, 3.8) is 0 Å². The molecule has 2 fully saturated rings. The zero-order chi connectivity index (χ0) is 24.4. The number of ether oxygens (including phenoxy) is 3. The normalized spacial score (nSPS) is 25.6. The van der Waals surface area contributed by atoms with Crippen molar-refractivity contribution in [2.75, 3.05) is 33.9 Å². The summed E-state index contributed by atoms with van der Waals surface area (Å²) < 4.78 is 23.2. The molecule has 1 saturated heterocycles. The minimum Gasteiger partial charge on any atom is -0.475 e. The molecule has 0 amide bonds. The predicted molar refractivity (Wildman–Crippen MR) is 129 cm³/mol. The molecule has 190 valence electrons. The molecule has 0 aromatic carbocycles. The van der Waals surface area contributed by atoms with E-state index in [1.165, 1.54) is 6.42 Å². The van der Waals surface area contributed by atoms with Crippen molar-refractivity contribution < 1.29 is 23.5 Å². The lowest BCUT2D eigenvalue weighted by molar-refractivity contribution is -0.128. The van der Waals surface area contributed by atoms with Gasteiger partial charge in [0.2, 0.25) is 11.8 Å². The fourth-order valence-corrected chi connectivity index (χ4v) is 6.04. The van der Waals surface area contributed by atoms with E-state index in [-0.39, 0.29) is 11.9 Å². The summed E-state index contributed by atoms with van der Waals surface area (Å²) in [6, 6.07) is 2.06. The van der Waals surface area contributed by atoms with Crippen LogP contribution in [0.1, 0.15) is 69.6 Å². The van der Waals surface area contributed by atoms with Crippen molar-refractivity contribution in [3.05, 3.63) is 17.4 Å². The second-order valence-electron chi connectivity index (χ2n) is 10.1. The van der Waals surface area contributed by atoms with Gasteiger partial charge < -0.3 is 18.7 Å². The average molecular weight is 485 g/mol. The fraction of sp³-hybridized carbons (Fsp3) is 0.692. The molecule has 1 spiro atoms. The van der Waals surface area contributed by atoms with Gasteiger partial charge in [-0.25, -0.2) is 0 Å². The third-order valence-corrected chi connectivity index (χ3v) is 7.90. The Morgan fingerprint density at radius 3 is 2.74 bits per heavy atom. The maximum atomic E-state index is 13.0. The lowest BCUT2D eigenvalue weighted by atomic mass is 9.64. The third kappa shape index (κ3) is 4.68. The van der Waals surface area contributed by atoms with Gasteiger partial charge in [-0.15, -0.1) is 0 Å². The number of Topliss-reactive ketones (excluding diaryl/α,β-unsaturated/α-hetero) is 1. The first kappa shape index (κ1) is 24.2. The highest BCUT2D eigenvalue weighted by atomic mass is 16.5. The molecule has 5 rings (SSSR count). The number of nitrogens with zero attached hydrogens (tertiary/aromatic N) is 4. The van der Waals surface area contributed by atoms with Crippen LogP contribution in [0.3, 0.4) is 0 Å². The summed E-state index contributed by atoms with van der Waals surface area (Å²) in [6.07, 6.45) is 8.20. The monoisotopic (exact) mass is 484 g/mol. The van der Waals surface area contributed by atoms with E-state index in [2.05, 4.69) is 29.0 Å². The van der Waals surface area contributed by atoms with Crippen molar-refractivity contribution in [2.45, 2.75) is 82.3 Å². The lowest BCUT2D eigenvalue weighted by Gasteiger charge is -2.36. The molecular formula is C26H36N4O5. The van der Waals surface area contributed by atoms with E-state index >= 15 is 0 Å². The predicted octanol–water partition coefficient (Wildman–Crippen LogP) is 3.74. The summed E-state index contributed by atoms with van der Waals surface area (Å²) in [5, 5.41) is 4.40. The summed E-state index contributed by atoms with van der Waals surface area (Å²) in [4.78, 5) is 24.7. The van der Waals surface area contributed by atoms with Crippen LogP contribution in [0.15, 0.2) is 10.6 Å². The zero-order valence-corrected chi connectivity index (χ0v) is 21.0. The SMILES string of the molecule is COCCOc1cc(O[C@@H](C)[C@@H]2CCCN2C)nc(-c2noc3c2CCC[C@@]32CCCCC2=O)n1. The molecule has 2 aliphatic carbocycles. The smallest absolute Gasteiger partial charge is 0.221 e. The second kappa shape index (κ2) is 10.2. The standard InChI is InChI=1S/C26H36N4O5/c1-17(19-9-7-13-30(19)2)34-22-16-21(33-15-14-32-3)27-25(28-22)23-18-8-6-12-26(24(18)35-29-23)11-5-4-10-20(26)31/h16-17,19H,4-15H2,1-3H3/t17-,19-,26+/m0/s1. The summed E-state index contributed by atoms with van der Waals surface area (Å²) in [7, 11) is 3.76. The van der Waals surface area contributed by atoms with Gasteiger partial charge in [-0.3, -0.25) is 9.69 Å². The number of ketones is 1. The maximum Gasteiger partial charge on any atom is 0.221 e. The molecule has 3 atom stereocenters. The number of hydrogen-bond donors (Lipinski definition) is 0. The molecule has 35 heavy (non-hydrogen) atoms. The van der Waals surface area contributed by atoms with Gasteiger partial charge in [0.15, 0.2) is 17.3 Å². The molecule has 0 bridgehead atoms. The minimum absolute atomic E-state index is 0.0357. The second-order valence-corrected chi connectivity index (χ2v) is 10.1. The number of carbonyl (C=O) groups is 1. The van der Waals surface area contributed by atoms with Crippen molar-refractivity contribution in [1.82, 2.24) is 20.0 Å². The van der Waals surface area contributed by atoms with E-state index in [0.29, 0.717) is 49.0 Å². The molecule has 2 aromatic heterocycles. The Hall–Kier alpha value is -2.52. The van der Waals surface area contributed by atoms with E-state index in [1.54, 1.807) is 13.2 Å². The molecule has 0 unspecified atom stereocenters. The van der Waals surface area contributed by atoms with E-state index in [0.717, 1.165) is 62.8 Å². The first-order valence-corrected chi connectivity index (χ1v) is 12.9. The minimum atomic E-state index is -0.537. The van der Waals surface area contributed by atoms with Gasteiger partial charge in [0.1, 0.15) is 18.5 Å². The molecule has 1 saturated carbocycles. The summed E-state index contributed by atoms with van der Waals surface area (Å²) in [5.41, 5.74) is 1.00. The summed E-state index contributed by atoms with van der Waals surface area (Å²) in [5.74, 6) is 2.27. The van der Waals surface area contributed by atoms with E-state index < -0.39 is 5.41 Å². The molecule has 3 aliphatic rings. The zero-order valence-electron chi connectivity index (χ0n) is 21.0. The number of fused-ring (bicyclic) bond motifs is 2. The van der Waals surface area contributed by atoms with Crippen molar-refractivity contribution in [1.29, 1.82) is 0 Å². The van der Waals surface area contributed by atoms with Crippen molar-refractivity contribution in [2.24, 2.45) is 0 Å².